The quantitative estimate of drug-likeness (QED) is 0.857. The topological polar surface area (TPSA) is 63.4 Å². The molecule has 5 nitrogen and oxygen atoms in total. The lowest BCUT2D eigenvalue weighted by Crippen LogP contribution is -2.39. The maximum absolute atomic E-state index is 12.7. The van der Waals surface area contributed by atoms with Gasteiger partial charge in [0.05, 0.1) is 17.5 Å². The van der Waals surface area contributed by atoms with Gasteiger partial charge in [0.1, 0.15) is 0 Å². The van der Waals surface area contributed by atoms with Crippen LogP contribution in [0.4, 0.5) is 0 Å². The van der Waals surface area contributed by atoms with Gasteiger partial charge in [-0.3, -0.25) is 0 Å². The monoisotopic (exact) mass is 310 g/mol. The molecule has 21 heavy (non-hydrogen) atoms. The van der Waals surface area contributed by atoms with E-state index in [0.29, 0.717) is 29.4 Å². The standard InChI is InChI=1S/C15H22N2O3S/c1-11-7-14(20-16-11)13-3-2-6-17(13)21(18,19)10-12-8-15(9-12)4-5-15/h7,12-13H,2-6,8-10H2,1H3. The third kappa shape index (κ3) is 2.42. The van der Waals surface area contributed by atoms with Gasteiger partial charge in [0, 0.05) is 12.6 Å². The van der Waals surface area contributed by atoms with E-state index in [4.69, 9.17) is 4.52 Å². The zero-order valence-corrected chi connectivity index (χ0v) is 13.2. The van der Waals surface area contributed by atoms with Crippen molar-refractivity contribution in [3.05, 3.63) is 17.5 Å². The SMILES string of the molecule is Cc1cc(C2CCCN2S(=O)(=O)CC2CC3(CC3)C2)on1. The van der Waals surface area contributed by atoms with Crippen molar-refractivity contribution in [2.24, 2.45) is 11.3 Å². The molecule has 0 bridgehead atoms. The Labute approximate surface area is 125 Å². The molecule has 1 aromatic heterocycles. The molecular formula is C15H22N2O3S. The summed E-state index contributed by atoms with van der Waals surface area (Å²) >= 11 is 0. The molecule has 1 aliphatic heterocycles. The first kappa shape index (κ1) is 13.8. The number of sulfonamides is 1. The second-order valence-corrected chi connectivity index (χ2v) is 9.16. The molecule has 1 unspecified atom stereocenters. The summed E-state index contributed by atoms with van der Waals surface area (Å²) in [4.78, 5) is 0. The highest BCUT2D eigenvalue weighted by Crippen LogP contribution is 2.63. The van der Waals surface area contributed by atoms with E-state index in [1.165, 1.54) is 12.8 Å². The van der Waals surface area contributed by atoms with Crippen LogP contribution in [0.1, 0.15) is 56.0 Å². The van der Waals surface area contributed by atoms with Crippen LogP contribution in [0.2, 0.25) is 0 Å². The third-order valence-electron chi connectivity index (χ3n) is 5.38. The molecule has 1 spiro atoms. The molecule has 4 rings (SSSR count). The Hall–Kier alpha value is -0.880. The van der Waals surface area contributed by atoms with Gasteiger partial charge in [-0.1, -0.05) is 5.16 Å². The summed E-state index contributed by atoms with van der Waals surface area (Å²) in [6.07, 6.45) is 6.60. The summed E-state index contributed by atoms with van der Waals surface area (Å²) in [6, 6.07) is 1.72. The molecule has 3 fully saturated rings. The number of hydrogen-bond donors (Lipinski definition) is 0. The summed E-state index contributed by atoms with van der Waals surface area (Å²) in [6.45, 7) is 2.48. The number of aryl methyl sites for hydroxylation is 1. The fourth-order valence-electron chi connectivity index (χ4n) is 4.16. The van der Waals surface area contributed by atoms with Gasteiger partial charge in [0.15, 0.2) is 5.76 Å². The second kappa shape index (κ2) is 4.56. The number of rotatable bonds is 4. The zero-order valence-electron chi connectivity index (χ0n) is 12.4. The Kier molecular flexibility index (Phi) is 2.99. The largest absolute Gasteiger partial charge is 0.359 e. The maximum Gasteiger partial charge on any atom is 0.215 e. The van der Waals surface area contributed by atoms with Crippen LogP contribution in [0.5, 0.6) is 0 Å². The van der Waals surface area contributed by atoms with Crippen molar-refractivity contribution >= 4 is 10.0 Å². The van der Waals surface area contributed by atoms with E-state index in [-0.39, 0.29) is 6.04 Å². The fourth-order valence-corrected chi connectivity index (χ4v) is 6.19. The van der Waals surface area contributed by atoms with Gasteiger partial charge < -0.3 is 4.52 Å². The Balaban J connectivity index is 1.48. The summed E-state index contributed by atoms with van der Waals surface area (Å²) in [5.41, 5.74) is 1.37. The van der Waals surface area contributed by atoms with Gasteiger partial charge in [-0.15, -0.1) is 0 Å². The molecule has 0 aromatic carbocycles. The normalized spacial score (nSPS) is 28.9. The molecule has 0 radical (unpaired) electrons. The zero-order chi connectivity index (χ0) is 14.7. The van der Waals surface area contributed by atoms with E-state index in [0.717, 1.165) is 31.4 Å². The first-order chi connectivity index (χ1) is 9.97. The maximum atomic E-state index is 12.7. The van der Waals surface area contributed by atoms with Gasteiger partial charge in [-0.05, 0) is 56.8 Å². The van der Waals surface area contributed by atoms with Gasteiger partial charge >= 0.3 is 0 Å². The Morgan fingerprint density at radius 2 is 2.19 bits per heavy atom. The van der Waals surface area contributed by atoms with E-state index in [2.05, 4.69) is 5.16 Å². The Morgan fingerprint density at radius 1 is 1.43 bits per heavy atom. The lowest BCUT2D eigenvalue weighted by molar-refractivity contribution is 0.186. The van der Waals surface area contributed by atoms with Crippen molar-refractivity contribution in [2.75, 3.05) is 12.3 Å². The molecule has 1 atom stereocenters. The lowest BCUT2D eigenvalue weighted by Gasteiger charge is -2.36. The average molecular weight is 310 g/mol. The summed E-state index contributed by atoms with van der Waals surface area (Å²) in [5.74, 6) is 1.38. The molecule has 1 aromatic rings. The average Bonchev–Trinajstić information content (AvgIpc) is 2.85. The van der Waals surface area contributed by atoms with Crippen molar-refractivity contribution in [1.82, 2.24) is 9.46 Å². The molecule has 0 N–H and O–H groups in total. The number of aromatic nitrogens is 1. The molecule has 2 saturated carbocycles. The third-order valence-corrected chi connectivity index (χ3v) is 7.43. The smallest absolute Gasteiger partial charge is 0.215 e. The van der Waals surface area contributed by atoms with Gasteiger partial charge in [-0.2, -0.15) is 4.31 Å². The Morgan fingerprint density at radius 3 is 2.81 bits per heavy atom. The minimum atomic E-state index is -3.19. The molecule has 116 valence electrons. The van der Waals surface area contributed by atoms with E-state index in [1.54, 1.807) is 4.31 Å². The van der Waals surface area contributed by atoms with Crippen molar-refractivity contribution in [3.8, 4) is 0 Å². The van der Waals surface area contributed by atoms with Gasteiger partial charge in [0.2, 0.25) is 10.0 Å². The molecular weight excluding hydrogens is 288 g/mol. The van der Waals surface area contributed by atoms with Crippen LogP contribution in [0.15, 0.2) is 10.6 Å². The molecule has 3 aliphatic rings. The van der Waals surface area contributed by atoms with E-state index in [9.17, 15) is 8.42 Å². The first-order valence-corrected chi connectivity index (χ1v) is 9.51. The minimum absolute atomic E-state index is 0.147. The highest BCUT2D eigenvalue weighted by Gasteiger charge is 2.54. The van der Waals surface area contributed by atoms with Crippen LogP contribution in [0.25, 0.3) is 0 Å². The minimum Gasteiger partial charge on any atom is -0.359 e. The van der Waals surface area contributed by atoms with Crippen LogP contribution >= 0.6 is 0 Å². The van der Waals surface area contributed by atoms with Crippen LogP contribution in [-0.4, -0.2) is 30.2 Å². The van der Waals surface area contributed by atoms with Crippen LogP contribution in [0.3, 0.4) is 0 Å². The first-order valence-electron chi connectivity index (χ1n) is 7.90. The summed E-state index contributed by atoms with van der Waals surface area (Å²) in [7, 11) is -3.19. The highest BCUT2D eigenvalue weighted by molar-refractivity contribution is 7.89. The summed E-state index contributed by atoms with van der Waals surface area (Å²) in [5, 5.41) is 3.90. The summed E-state index contributed by atoms with van der Waals surface area (Å²) < 4.78 is 32.4. The van der Waals surface area contributed by atoms with Crippen molar-refractivity contribution in [3.63, 3.8) is 0 Å². The van der Waals surface area contributed by atoms with Crippen molar-refractivity contribution in [1.29, 1.82) is 0 Å². The van der Waals surface area contributed by atoms with Gasteiger partial charge in [-0.25, -0.2) is 8.42 Å². The predicted octanol–water partition coefficient (Wildman–Crippen LogP) is 2.64. The predicted molar refractivity (Wildman–Crippen MR) is 78.1 cm³/mol. The van der Waals surface area contributed by atoms with Crippen molar-refractivity contribution < 1.29 is 12.9 Å². The lowest BCUT2D eigenvalue weighted by atomic mass is 9.73. The van der Waals surface area contributed by atoms with Crippen molar-refractivity contribution in [2.45, 2.75) is 51.5 Å². The number of hydrogen-bond acceptors (Lipinski definition) is 4. The molecule has 2 heterocycles. The fraction of sp³-hybridized carbons (Fsp3) is 0.800. The van der Waals surface area contributed by atoms with E-state index in [1.807, 2.05) is 13.0 Å². The van der Waals surface area contributed by atoms with Crippen LogP contribution < -0.4 is 0 Å². The van der Waals surface area contributed by atoms with Crippen LogP contribution in [-0.2, 0) is 10.0 Å². The Bertz CT molecular complexity index is 640. The molecule has 6 heteroatoms. The second-order valence-electron chi connectivity index (χ2n) is 7.19. The molecule has 0 amide bonds. The van der Waals surface area contributed by atoms with E-state index >= 15 is 0 Å². The van der Waals surface area contributed by atoms with Crippen LogP contribution in [0, 0.1) is 18.3 Å². The number of nitrogens with zero attached hydrogens (tertiary/aromatic N) is 2. The molecule has 1 saturated heterocycles. The highest BCUT2D eigenvalue weighted by atomic mass is 32.2. The molecule has 2 aliphatic carbocycles. The van der Waals surface area contributed by atoms with E-state index < -0.39 is 10.0 Å². The van der Waals surface area contributed by atoms with Gasteiger partial charge in [0.25, 0.3) is 0 Å².